The number of rotatable bonds is 6. The number of fused-ring (bicyclic) bond motifs is 1. The zero-order valence-electron chi connectivity index (χ0n) is 14.5. The summed E-state index contributed by atoms with van der Waals surface area (Å²) in [6, 6.07) is 13.5. The monoisotopic (exact) mass is 352 g/mol. The van der Waals surface area contributed by atoms with Gasteiger partial charge in [-0.2, -0.15) is 0 Å². The van der Waals surface area contributed by atoms with E-state index < -0.39 is 11.4 Å². The molecule has 26 heavy (non-hydrogen) atoms. The molecule has 1 N–H and O–H groups in total. The summed E-state index contributed by atoms with van der Waals surface area (Å²) in [7, 11) is 0. The molecule has 0 unspecified atom stereocenters. The van der Waals surface area contributed by atoms with Crippen LogP contribution in [0.2, 0.25) is 0 Å². The summed E-state index contributed by atoms with van der Waals surface area (Å²) < 4.78 is 13.8. The van der Waals surface area contributed by atoms with Crippen LogP contribution in [0.3, 0.4) is 0 Å². The van der Waals surface area contributed by atoms with Crippen molar-refractivity contribution in [2.45, 2.75) is 31.2 Å². The molecule has 2 aliphatic rings. The first-order valence-corrected chi connectivity index (χ1v) is 9.02. The Labute approximate surface area is 152 Å². The molecule has 0 bridgehead atoms. The van der Waals surface area contributed by atoms with E-state index in [1.54, 1.807) is 12.1 Å². The maximum absolute atomic E-state index is 13.8. The average molecular weight is 352 g/mol. The Kier molecular flexibility index (Phi) is 4.23. The van der Waals surface area contributed by atoms with Crippen molar-refractivity contribution in [1.29, 1.82) is 0 Å². The molecule has 134 valence electrons. The molecule has 0 aromatic heterocycles. The predicted molar refractivity (Wildman–Crippen MR) is 97.1 cm³/mol. The Morgan fingerprint density at radius 2 is 2.04 bits per heavy atom. The van der Waals surface area contributed by atoms with Crippen LogP contribution >= 0.6 is 0 Å². The number of carbonyl (C=O) groups excluding carboxylic acids is 2. The second-order valence-corrected chi connectivity index (χ2v) is 7.13. The van der Waals surface area contributed by atoms with E-state index in [-0.39, 0.29) is 5.91 Å². The summed E-state index contributed by atoms with van der Waals surface area (Å²) >= 11 is 0. The van der Waals surface area contributed by atoms with E-state index in [1.165, 1.54) is 17.0 Å². The second kappa shape index (κ2) is 6.56. The van der Waals surface area contributed by atoms with Crippen LogP contribution in [0.4, 0.5) is 10.1 Å². The van der Waals surface area contributed by atoms with Gasteiger partial charge in [-0.25, -0.2) is 4.39 Å². The van der Waals surface area contributed by atoms with Crippen molar-refractivity contribution in [3.05, 3.63) is 65.5 Å². The highest BCUT2D eigenvalue weighted by atomic mass is 19.1. The van der Waals surface area contributed by atoms with Crippen LogP contribution in [0.5, 0.6) is 0 Å². The lowest BCUT2D eigenvalue weighted by atomic mass is 9.88. The Balaban J connectivity index is 1.79. The fourth-order valence-corrected chi connectivity index (χ4v) is 3.89. The van der Waals surface area contributed by atoms with Gasteiger partial charge in [-0.3, -0.25) is 14.5 Å². The molecule has 0 heterocycles. The number of hydrogen-bond acceptors (Lipinski definition) is 2. The molecule has 0 radical (unpaired) electrons. The van der Waals surface area contributed by atoms with Gasteiger partial charge in [0.05, 0.1) is 0 Å². The average Bonchev–Trinajstić information content (AvgIpc) is 3.41. The third-order valence-electron chi connectivity index (χ3n) is 5.45. The number of nitrogens with one attached hydrogen (secondary N) is 1. The molecule has 5 heteroatoms. The molecule has 1 fully saturated rings. The number of benzene rings is 2. The molecule has 1 atom stereocenters. The van der Waals surface area contributed by atoms with E-state index in [2.05, 4.69) is 5.32 Å². The number of nitrogens with zero attached hydrogens (tertiary/aromatic N) is 1. The number of anilines is 1. The Morgan fingerprint density at radius 3 is 2.77 bits per heavy atom. The van der Waals surface area contributed by atoms with Crippen molar-refractivity contribution in [2.24, 2.45) is 5.92 Å². The van der Waals surface area contributed by atoms with Crippen molar-refractivity contribution in [3.8, 4) is 0 Å². The van der Waals surface area contributed by atoms with E-state index in [0.717, 1.165) is 24.0 Å². The van der Waals surface area contributed by atoms with Gasteiger partial charge < -0.3 is 5.32 Å². The van der Waals surface area contributed by atoms with Crippen molar-refractivity contribution >= 4 is 18.0 Å². The van der Waals surface area contributed by atoms with Crippen LogP contribution in [0, 0.1) is 11.7 Å². The molecule has 0 spiro atoms. The summed E-state index contributed by atoms with van der Waals surface area (Å²) in [5, 5.41) is 3.03. The van der Waals surface area contributed by atoms with Gasteiger partial charge >= 0.3 is 0 Å². The van der Waals surface area contributed by atoms with Crippen molar-refractivity contribution in [1.82, 2.24) is 5.32 Å². The van der Waals surface area contributed by atoms with E-state index in [0.29, 0.717) is 37.4 Å². The van der Waals surface area contributed by atoms with Gasteiger partial charge in [-0.05, 0) is 60.9 Å². The Bertz CT molecular complexity index is 849. The van der Waals surface area contributed by atoms with E-state index in [9.17, 15) is 14.0 Å². The predicted octanol–water partition coefficient (Wildman–Crippen LogP) is 3.16. The smallest absolute Gasteiger partial charge is 0.251 e. The standard InChI is InChI=1S/C21H21FN2O2/c22-17-5-3-6-18(12-17)24(14-25)21(20(26)23-13-15-8-9-15)11-10-16-4-1-2-7-19(16)21/h1-7,12,14-15H,8-11,13H2,(H,23,26)/t21-/m1/s1. The maximum Gasteiger partial charge on any atom is 0.251 e. The summed E-state index contributed by atoms with van der Waals surface area (Å²) in [4.78, 5) is 26.8. The minimum Gasteiger partial charge on any atom is -0.353 e. The number of carbonyl (C=O) groups is 2. The Hall–Kier alpha value is -2.69. The maximum atomic E-state index is 13.8. The molecule has 4 nitrogen and oxygen atoms in total. The zero-order chi connectivity index (χ0) is 18.1. The van der Waals surface area contributed by atoms with Crippen LogP contribution in [0.1, 0.15) is 30.4 Å². The molecule has 4 rings (SSSR count). The van der Waals surface area contributed by atoms with Crippen molar-refractivity contribution < 1.29 is 14.0 Å². The van der Waals surface area contributed by atoms with Crippen LogP contribution in [0.25, 0.3) is 0 Å². The Morgan fingerprint density at radius 1 is 1.23 bits per heavy atom. The van der Waals surface area contributed by atoms with Crippen LogP contribution in [-0.2, 0) is 21.5 Å². The second-order valence-electron chi connectivity index (χ2n) is 7.13. The molecule has 2 aromatic rings. The zero-order valence-corrected chi connectivity index (χ0v) is 14.5. The molecular formula is C21H21FN2O2. The lowest BCUT2D eigenvalue weighted by Crippen LogP contribution is -2.55. The van der Waals surface area contributed by atoms with Gasteiger partial charge in [0.25, 0.3) is 5.91 Å². The van der Waals surface area contributed by atoms with Gasteiger partial charge in [-0.15, -0.1) is 0 Å². The molecule has 0 saturated heterocycles. The van der Waals surface area contributed by atoms with Gasteiger partial charge in [-0.1, -0.05) is 30.3 Å². The largest absolute Gasteiger partial charge is 0.353 e. The SMILES string of the molecule is O=CN(c1cccc(F)c1)[C@]1(C(=O)NCC2CC2)CCc2ccccc21. The number of aryl methyl sites for hydroxylation is 1. The lowest BCUT2D eigenvalue weighted by Gasteiger charge is -2.38. The molecule has 2 amide bonds. The van der Waals surface area contributed by atoms with Gasteiger partial charge in [0.15, 0.2) is 5.54 Å². The fourth-order valence-electron chi connectivity index (χ4n) is 3.89. The topological polar surface area (TPSA) is 49.4 Å². The van der Waals surface area contributed by atoms with Crippen molar-refractivity contribution in [3.63, 3.8) is 0 Å². The fraction of sp³-hybridized carbons (Fsp3) is 0.333. The van der Waals surface area contributed by atoms with Gasteiger partial charge in [0, 0.05) is 12.2 Å². The summed E-state index contributed by atoms with van der Waals surface area (Å²) in [5.41, 5.74) is 1.13. The molecule has 2 aliphatic carbocycles. The quantitative estimate of drug-likeness (QED) is 0.812. The summed E-state index contributed by atoms with van der Waals surface area (Å²) in [5.74, 6) is -0.0913. The third-order valence-corrected chi connectivity index (χ3v) is 5.45. The van der Waals surface area contributed by atoms with E-state index >= 15 is 0 Å². The van der Waals surface area contributed by atoms with Crippen LogP contribution in [0.15, 0.2) is 48.5 Å². The van der Waals surface area contributed by atoms with Crippen molar-refractivity contribution in [2.75, 3.05) is 11.4 Å². The van der Waals surface area contributed by atoms with E-state index in [1.807, 2.05) is 24.3 Å². The van der Waals surface area contributed by atoms with Crippen LogP contribution < -0.4 is 10.2 Å². The highest BCUT2D eigenvalue weighted by Gasteiger charge is 2.50. The summed E-state index contributed by atoms with van der Waals surface area (Å²) in [6.45, 7) is 0.624. The van der Waals surface area contributed by atoms with Gasteiger partial charge in [0.2, 0.25) is 6.41 Å². The third kappa shape index (κ3) is 2.77. The molecular weight excluding hydrogens is 331 g/mol. The normalized spacial score (nSPS) is 21.1. The first-order chi connectivity index (χ1) is 12.6. The molecule has 2 aromatic carbocycles. The first kappa shape index (κ1) is 16.8. The van der Waals surface area contributed by atoms with Crippen LogP contribution in [-0.4, -0.2) is 18.9 Å². The highest BCUT2D eigenvalue weighted by Crippen LogP contribution is 2.43. The van der Waals surface area contributed by atoms with Gasteiger partial charge in [0.1, 0.15) is 5.82 Å². The minimum absolute atomic E-state index is 0.189. The molecule has 0 aliphatic heterocycles. The molecule has 1 saturated carbocycles. The van der Waals surface area contributed by atoms with E-state index in [4.69, 9.17) is 0 Å². The first-order valence-electron chi connectivity index (χ1n) is 9.02. The lowest BCUT2D eigenvalue weighted by molar-refractivity contribution is -0.128. The highest BCUT2D eigenvalue weighted by molar-refractivity contribution is 5.98. The number of halogens is 1. The summed E-state index contributed by atoms with van der Waals surface area (Å²) in [6.07, 6.45) is 4.09. The number of amides is 2. The minimum atomic E-state index is -1.14. The number of hydrogen-bond donors (Lipinski definition) is 1.